The Bertz CT molecular complexity index is 527. The number of Topliss-reactive ketones (excluding diaryl/α,β-unsaturated/α-hetero) is 1. The zero-order valence-electron chi connectivity index (χ0n) is 12.6. The fourth-order valence-corrected chi connectivity index (χ4v) is 3.22. The van der Waals surface area contributed by atoms with Crippen molar-refractivity contribution < 1.29 is 9.59 Å². The maximum atomic E-state index is 12.3. The average Bonchev–Trinajstić information content (AvgIpc) is 2.62. The van der Waals surface area contributed by atoms with Crippen molar-refractivity contribution in [3.63, 3.8) is 0 Å². The molecule has 0 aromatic heterocycles. The molecule has 1 atom stereocenters. The average molecular weight is 352 g/mol. The van der Waals surface area contributed by atoms with Gasteiger partial charge in [0.15, 0.2) is 5.78 Å². The molecule has 1 unspecified atom stereocenters. The van der Waals surface area contributed by atoms with Crippen molar-refractivity contribution in [1.29, 1.82) is 0 Å². The number of hydrogen-bond donors (Lipinski definition) is 0. The van der Waals surface area contributed by atoms with Crippen LogP contribution in [0.5, 0.6) is 0 Å². The van der Waals surface area contributed by atoms with E-state index >= 15 is 0 Å². The second kappa shape index (κ2) is 7.21. The van der Waals surface area contributed by atoms with E-state index in [0.717, 1.165) is 17.3 Å². The molecule has 114 valence electrons. The summed E-state index contributed by atoms with van der Waals surface area (Å²) in [4.78, 5) is 26.2. The van der Waals surface area contributed by atoms with Gasteiger partial charge in [-0.2, -0.15) is 0 Å². The van der Waals surface area contributed by atoms with Gasteiger partial charge in [0.25, 0.3) is 0 Å². The van der Waals surface area contributed by atoms with Gasteiger partial charge in [-0.25, -0.2) is 0 Å². The summed E-state index contributed by atoms with van der Waals surface area (Å²) in [6, 6.07) is 7.34. The minimum absolute atomic E-state index is 0.00708. The number of rotatable bonds is 4. The Labute approximate surface area is 134 Å². The van der Waals surface area contributed by atoms with Crippen LogP contribution in [0.25, 0.3) is 0 Å². The van der Waals surface area contributed by atoms with Gasteiger partial charge in [0.2, 0.25) is 5.91 Å². The van der Waals surface area contributed by atoms with Crippen LogP contribution >= 0.6 is 15.9 Å². The fraction of sp³-hybridized carbons (Fsp3) is 0.529. The summed E-state index contributed by atoms with van der Waals surface area (Å²) in [5.74, 6) is 1.30. The van der Waals surface area contributed by atoms with Gasteiger partial charge in [0, 0.05) is 23.0 Å². The molecule has 0 aliphatic carbocycles. The third-order valence-electron chi connectivity index (χ3n) is 4.28. The highest BCUT2D eigenvalue weighted by Gasteiger charge is 2.25. The maximum Gasteiger partial charge on any atom is 0.222 e. The van der Waals surface area contributed by atoms with Crippen LogP contribution < -0.4 is 0 Å². The molecule has 1 amide bonds. The highest BCUT2D eigenvalue weighted by Crippen LogP contribution is 2.25. The highest BCUT2D eigenvalue weighted by atomic mass is 79.9. The number of ketones is 1. The first-order valence-electron chi connectivity index (χ1n) is 7.54. The van der Waals surface area contributed by atoms with Gasteiger partial charge in [-0.15, -0.1) is 0 Å². The molecule has 2 rings (SSSR count). The first-order valence-corrected chi connectivity index (χ1v) is 8.33. The third-order valence-corrected chi connectivity index (χ3v) is 4.77. The number of halogens is 1. The van der Waals surface area contributed by atoms with Crippen LogP contribution in [-0.2, 0) is 4.79 Å². The Morgan fingerprint density at radius 2 is 2.14 bits per heavy atom. The van der Waals surface area contributed by atoms with E-state index in [1.807, 2.05) is 18.2 Å². The number of carbonyl (C=O) groups excluding carboxylic acids is 2. The molecular weight excluding hydrogens is 330 g/mol. The van der Waals surface area contributed by atoms with E-state index in [1.54, 1.807) is 11.0 Å². The van der Waals surface area contributed by atoms with E-state index < -0.39 is 0 Å². The molecule has 0 N–H and O–H groups in total. The smallest absolute Gasteiger partial charge is 0.222 e. The zero-order chi connectivity index (χ0) is 15.4. The lowest BCUT2D eigenvalue weighted by Gasteiger charge is -2.21. The number of hydrogen-bond acceptors (Lipinski definition) is 2. The van der Waals surface area contributed by atoms with Crippen LogP contribution in [0, 0.1) is 11.8 Å². The number of carbonyl (C=O) groups is 2. The molecule has 1 heterocycles. The summed E-state index contributed by atoms with van der Waals surface area (Å²) < 4.78 is 0.885. The quantitative estimate of drug-likeness (QED) is 0.771. The van der Waals surface area contributed by atoms with E-state index in [4.69, 9.17) is 0 Å². The lowest BCUT2D eigenvalue weighted by molar-refractivity contribution is -0.130. The van der Waals surface area contributed by atoms with Gasteiger partial charge in [0.05, 0.1) is 6.54 Å². The third kappa shape index (κ3) is 4.40. The van der Waals surface area contributed by atoms with E-state index in [1.165, 1.54) is 0 Å². The topological polar surface area (TPSA) is 37.4 Å². The van der Waals surface area contributed by atoms with Crippen LogP contribution in [0.15, 0.2) is 28.7 Å². The first kappa shape index (κ1) is 16.2. The molecule has 0 saturated carbocycles. The van der Waals surface area contributed by atoms with Crippen LogP contribution in [-0.4, -0.2) is 29.7 Å². The van der Waals surface area contributed by atoms with E-state index in [2.05, 4.69) is 29.8 Å². The van der Waals surface area contributed by atoms with E-state index in [9.17, 15) is 9.59 Å². The molecule has 0 spiro atoms. The molecule has 1 saturated heterocycles. The van der Waals surface area contributed by atoms with Crippen LogP contribution in [0.3, 0.4) is 0 Å². The van der Waals surface area contributed by atoms with Gasteiger partial charge in [-0.1, -0.05) is 41.9 Å². The standard InChI is InChI=1S/C17H22BrNO2/c1-12(2)13-6-7-17(21)19(9-8-13)11-16(20)14-4-3-5-15(18)10-14/h3-5,10,12-13H,6-9,11H2,1-2H3. The Morgan fingerprint density at radius 3 is 2.81 bits per heavy atom. The van der Waals surface area contributed by atoms with Crippen molar-refractivity contribution in [2.75, 3.05) is 13.1 Å². The number of nitrogens with zero attached hydrogens (tertiary/aromatic N) is 1. The summed E-state index contributed by atoms with van der Waals surface area (Å²) in [7, 11) is 0. The molecular formula is C17H22BrNO2. The van der Waals surface area contributed by atoms with Crippen molar-refractivity contribution >= 4 is 27.6 Å². The fourth-order valence-electron chi connectivity index (χ4n) is 2.82. The van der Waals surface area contributed by atoms with Crippen molar-refractivity contribution in [3.8, 4) is 0 Å². The molecule has 3 nitrogen and oxygen atoms in total. The molecule has 4 heteroatoms. The van der Waals surface area contributed by atoms with Gasteiger partial charge >= 0.3 is 0 Å². The van der Waals surface area contributed by atoms with Gasteiger partial charge < -0.3 is 4.90 Å². The van der Waals surface area contributed by atoms with Crippen LogP contribution in [0.1, 0.15) is 43.5 Å². The van der Waals surface area contributed by atoms with Gasteiger partial charge in [-0.05, 0) is 36.8 Å². The normalized spacial score (nSPS) is 19.7. The lowest BCUT2D eigenvalue weighted by Crippen LogP contribution is -2.35. The zero-order valence-corrected chi connectivity index (χ0v) is 14.2. The summed E-state index contributed by atoms with van der Waals surface area (Å²) in [6.07, 6.45) is 2.50. The second-order valence-corrected chi connectivity index (χ2v) is 7.00. The Balaban J connectivity index is 2.01. The molecule has 0 bridgehead atoms. The maximum absolute atomic E-state index is 12.3. The highest BCUT2D eigenvalue weighted by molar-refractivity contribution is 9.10. The largest absolute Gasteiger partial charge is 0.335 e. The molecule has 1 aromatic rings. The predicted octanol–water partition coefficient (Wildman–Crippen LogP) is 3.92. The number of amides is 1. The summed E-state index contributed by atoms with van der Waals surface area (Å²) in [5, 5.41) is 0. The van der Waals surface area contributed by atoms with E-state index in [0.29, 0.717) is 30.4 Å². The molecule has 0 radical (unpaired) electrons. The molecule has 1 fully saturated rings. The molecule has 1 aromatic carbocycles. The predicted molar refractivity (Wildman–Crippen MR) is 87.2 cm³/mol. The summed E-state index contributed by atoms with van der Waals surface area (Å²) in [6.45, 7) is 5.30. The monoisotopic (exact) mass is 351 g/mol. The van der Waals surface area contributed by atoms with Crippen molar-refractivity contribution in [2.24, 2.45) is 11.8 Å². The Hall–Kier alpha value is -1.16. The Morgan fingerprint density at radius 1 is 1.38 bits per heavy atom. The number of benzene rings is 1. The van der Waals surface area contributed by atoms with Gasteiger partial charge in [-0.3, -0.25) is 9.59 Å². The van der Waals surface area contributed by atoms with Crippen molar-refractivity contribution in [3.05, 3.63) is 34.3 Å². The lowest BCUT2D eigenvalue weighted by atomic mass is 9.89. The van der Waals surface area contributed by atoms with E-state index in [-0.39, 0.29) is 18.2 Å². The van der Waals surface area contributed by atoms with Gasteiger partial charge in [0.1, 0.15) is 0 Å². The summed E-state index contributed by atoms with van der Waals surface area (Å²) >= 11 is 3.37. The molecule has 1 aliphatic heterocycles. The summed E-state index contributed by atoms with van der Waals surface area (Å²) in [5.41, 5.74) is 0.654. The van der Waals surface area contributed by atoms with Crippen molar-refractivity contribution in [1.82, 2.24) is 4.90 Å². The Kier molecular flexibility index (Phi) is 5.57. The minimum atomic E-state index is 0.00708. The van der Waals surface area contributed by atoms with Crippen molar-refractivity contribution in [2.45, 2.75) is 33.1 Å². The van der Waals surface area contributed by atoms with Crippen LogP contribution in [0.4, 0.5) is 0 Å². The molecule has 21 heavy (non-hydrogen) atoms. The number of likely N-dealkylation sites (tertiary alicyclic amines) is 1. The minimum Gasteiger partial charge on any atom is -0.335 e. The van der Waals surface area contributed by atoms with Crippen LogP contribution in [0.2, 0.25) is 0 Å². The SMILES string of the molecule is CC(C)C1CCC(=O)N(CC(=O)c2cccc(Br)c2)CC1. The molecule has 1 aliphatic rings. The second-order valence-electron chi connectivity index (χ2n) is 6.08. The first-order chi connectivity index (χ1) is 9.97.